The third-order valence-corrected chi connectivity index (χ3v) is 7.20. The van der Waals surface area contributed by atoms with Crippen LogP contribution in [0.3, 0.4) is 0 Å². The van der Waals surface area contributed by atoms with E-state index in [9.17, 15) is 9.59 Å². The summed E-state index contributed by atoms with van der Waals surface area (Å²) in [6.45, 7) is 2.06. The van der Waals surface area contributed by atoms with Crippen LogP contribution in [0.5, 0.6) is 0 Å². The Morgan fingerprint density at radius 2 is 1.66 bits per heavy atom. The van der Waals surface area contributed by atoms with Gasteiger partial charge in [-0.3, -0.25) is 14.8 Å². The van der Waals surface area contributed by atoms with Gasteiger partial charge in [-0.15, -0.1) is 0 Å². The highest BCUT2D eigenvalue weighted by atomic mass is 35.5. The molecule has 1 amide bonds. The summed E-state index contributed by atoms with van der Waals surface area (Å²) < 4.78 is 4.99. The van der Waals surface area contributed by atoms with Crippen LogP contribution in [0, 0.1) is 6.92 Å². The molecule has 8 heteroatoms. The van der Waals surface area contributed by atoms with Crippen LogP contribution in [-0.2, 0) is 16.0 Å². The van der Waals surface area contributed by atoms with Gasteiger partial charge >= 0.3 is 5.97 Å². The Hall–Kier alpha value is -4.00. The average Bonchev–Trinajstić information content (AvgIpc) is 2.93. The minimum Gasteiger partial charge on any atom is -0.467 e. The Bertz CT molecular complexity index is 1680. The number of methoxy groups -OCH3 is 1. The van der Waals surface area contributed by atoms with Crippen molar-refractivity contribution in [3.05, 3.63) is 106 Å². The molecule has 0 spiro atoms. The number of fused-ring (bicyclic) bond motifs is 2. The van der Waals surface area contributed by atoms with Gasteiger partial charge in [0, 0.05) is 35.2 Å². The molecule has 3 aromatic carbocycles. The lowest BCUT2D eigenvalue weighted by Crippen LogP contribution is -2.43. The molecular formula is C30H23Cl2N3O3. The van der Waals surface area contributed by atoms with Crippen LogP contribution < -0.4 is 5.32 Å². The fourth-order valence-electron chi connectivity index (χ4n) is 4.68. The molecule has 0 aliphatic rings. The number of pyridine rings is 2. The van der Waals surface area contributed by atoms with E-state index in [0.717, 1.165) is 38.5 Å². The summed E-state index contributed by atoms with van der Waals surface area (Å²) in [5.74, 6) is -1.16. The lowest BCUT2D eigenvalue weighted by Gasteiger charge is -2.19. The van der Waals surface area contributed by atoms with E-state index < -0.39 is 17.9 Å². The zero-order valence-corrected chi connectivity index (χ0v) is 22.2. The molecule has 190 valence electrons. The largest absolute Gasteiger partial charge is 0.467 e. The van der Waals surface area contributed by atoms with Gasteiger partial charge in [0.15, 0.2) is 0 Å². The molecule has 6 nitrogen and oxygen atoms in total. The molecule has 2 heterocycles. The van der Waals surface area contributed by atoms with Crippen LogP contribution in [0.4, 0.5) is 0 Å². The van der Waals surface area contributed by atoms with Gasteiger partial charge < -0.3 is 10.1 Å². The van der Waals surface area contributed by atoms with E-state index in [-0.39, 0.29) is 22.0 Å². The van der Waals surface area contributed by atoms with Crippen LogP contribution in [0.25, 0.3) is 32.9 Å². The molecule has 0 unspecified atom stereocenters. The maximum atomic E-state index is 13.0. The monoisotopic (exact) mass is 543 g/mol. The van der Waals surface area contributed by atoms with E-state index in [4.69, 9.17) is 32.9 Å². The summed E-state index contributed by atoms with van der Waals surface area (Å²) in [5.41, 5.74) is 4.43. The Balaban J connectivity index is 1.54. The number of aromatic nitrogens is 2. The second-order valence-corrected chi connectivity index (χ2v) is 9.66. The third-order valence-electron chi connectivity index (χ3n) is 6.57. The fourth-order valence-corrected chi connectivity index (χ4v) is 5.25. The molecule has 2 aromatic heterocycles. The number of hydrogen-bond acceptors (Lipinski definition) is 5. The van der Waals surface area contributed by atoms with Gasteiger partial charge in [-0.1, -0.05) is 71.7 Å². The number of benzene rings is 3. The molecule has 0 aliphatic carbocycles. The zero-order valence-electron chi connectivity index (χ0n) is 20.7. The van der Waals surface area contributed by atoms with E-state index in [0.29, 0.717) is 5.52 Å². The van der Waals surface area contributed by atoms with Crippen LogP contribution in [0.2, 0.25) is 10.0 Å². The predicted octanol–water partition coefficient (Wildman–Crippen LogP) is 6.58. The summed E-state index contributed by atoms with van der Waals surface area (Å²) >= 11 is 12.4. The van der Waals surface area contributed by atoms with Gasteiger partial charge in [0.05, 0.1) is 33.9 Å². The van der Waals surface area contributed by atoms with Crippen LogP contribution in [0.15, 0.2) is 79.1 Å². The number of carbonyl (C=O) groups excluding carboxylic acids is 2. The second-order valence-electron chi connectivity index (χ2n) is 8.84. The van der Waals surface area contributed by atoms with Crippen LogP contribution in [0.1, 0.15) is 21.5 Å². The smallest absolute Gasteiger partial charge is 0.328 e. The number of ether oxygens (including phenoxy) is 1. The summed E-state index contributed by atoms with van der Waals surface area (Å²) in [5, 5.41) is 6.20. The zero-order chi connectivity index (χ0) is 26.8. The second kappa shape index (κ2) is 10.8. The molecule has 1 N–H and O–H groups in total. The van der Waals surface area contributed by atoms with Crippen molar-refractivity contribution in [2.24, 2.45) is 0 Å². The Morgan fingerprint density at radius 3 is 2.42 bits per heavy atom. The van der Waals surface area contributed by atoms with E-state index in [1.54, 1.807) is 24.4 Å². The first-order valence-corrected chi connectivity index (χ1v) is 12.7. The van der Waals surface area contributed by atoms with Gasteiger partial charge in [-0.05, 0) is 41.6 Å². The van der Waals surface area contributed by atoms with Crippen molar-refractivity contribution >= 4 is 56.8 Å². The van der Waals surface area contributed by atoms with Gasteiger partial charge in [0.2, 0.25) is 0 Å². The summed E-state index contributed by atoms with van der Waals surface area (Å²) in [6, 6.07) is 19.6. The molecule has 5 aromatic rings. The average molecular weight is 544 g/mol. The Labute approximate surface area is 229 Å². The molecule has 0 saturated carbocycles. The summed E-state index contributed by atoms with van der Waals surface area (Å²) in [4.78, 5) is 35.1. The van der Waals surface area contributed by atoms with E-state index in [2.05, 4.69) is 23.3 Å². The number of nitrogens with zero attached hydrogens (tertiary/aromatic N) is 2. The van der Waals surface area contributed by atoms with Crippen molar-refractivity contribution in [1.82, 2.24) is 15.3 Å². The first-order chi connectivity index (χ1) is 18.4. The van der Waals surface area contributed by atoms with Crippen LogP contribution in [-0.4, -0.2) is 35.0 Å². The van der Waals surface area contributed by atoms with Crippen molar-refractivity contribution in [2.75, 3.05) is 7.11 Å². The normalized spacial score (nSPS) is 11.9. The molecule has 0 saturated heterocycles. The number of halogens is 2. The number of amides is 1. The number of esters is 1. The maximum Gasteiger partial charge on any atom is 0.328 e. The van der Waals surface area contributed by atoms with E-state index in [1.807, 2.05) is 48.7 Å². The van der Waals surface area contributed by atoms with E-state index in [1.165, 1.54) is 7.11 Å². The minimum atomic E-state index is -0.989. The SMILES string of the molecule is COC(=O)[C@H](Cc1ccc(-c2ncc3ccccc3c2C)c2cccnc12)NC(=O)c1c(Cl)cccc1Cl. The minimum absolute atomic E-state index is 0.0981. The van der Waals surface area contributed by atoms with Crippen molar-refractivity contribution in [1.29, 1.82) is 0 Å². The highest BCUT2D eigenvalue weighted by molar-refractivity contribution is 6.39. The first-order valence-electron chi connectivity index (χ1n) is 11.9. The van der Waals surface area contributed by atoms with Crippen molar-refractivity contribution in [3.63, 3.8) is 0 Å². The molecule has 38 heavy (non-hydrogen) atoms. The lowest BCUT2D eigenvalue weighted by molar-refractivity contribution is -0.142. The van der Waals surface area contributed by atoms with Crippen molar-refractivity contribution in [3.8, 4) is 11.3 Å². The van der Waals surface area contributed by atoms with Crippen molar-refractivity contribution in [2.45, 2.75) is 19.4 Å². The van der Waals surface area contributed by atoms with Crippen LogP contribution >= 0.6 is 23.2 Å². The Morgan fingerprint density at radius 1 is 0.921 bits per heavy atom. The number of rotatable bonds is 6. The molecule has 0 fully saturated rings. The highest BCUT2D eigenvalue weighted by Crippen LogP contribution is 2.34. The third kappa shape index (κ3) is 4.80. The van der Waals surface area contributed by atoms with Gasteiger partial charge in [-0.25, -0.2) is 4.79 Å². The number of nitrogens with one attached hydrogen (secondary N) is 1. The maximum absolute atomic E-state index is 13.0. The fraction of sp³-hybridized carbons (Fsp3) is 0.133. The Kier molecular flexibility index (Phi) is 7.27. The lowest BCUT2D eigenvalue weighted by atomic mass is 9.94. The number of hydrogen-bond donors (Lipinski definition) is 1. The molecular weight excluding hydrogens is 521 g/mol. The van der Waals surface area contributed by atoms with Crippen molar-refractivity contribution < 1.29 is 14.3 Å². The standard InChI is InChI=1S/C30H23Cl2N3O3/c1-17-20-8-4-3-7-19(20)16-34-27(17)22-13-12-18(28-21(22)9-6-14-33-28)15-25(30(37)38-2)35-29(36)26-23(31)10-5-11-24(26)32/h3-14,16,25H,15H2,1-2H3,(H,35,36)/t25-/m0/s1. The predicted molar refractivity (Wildman–Crippen MR) is 151 cm³/mol. The number of carbonyl (C=O) groups is 2. The summed E-state index contributed by atoms with van der Waals surface area (Å²) in [6.07, 6.45) is 3.72. The molecule has 0 aliphatic heterocycles. The first kappa shape index (κ1) is 25.6. The molecule has 0 radical (unpaired) electrons. The van der Waals surface area contributed by atoms with Gasteiger partial charge in [-0.2, -0.15) is 0 Å². The topological polar surface area (TPSA) is 81.2 Å². The quantitative estimate of drug-likeness (QED) is 0.244. The van der Waals surface area contributed by atoms with E-state index >= 15 is 0 Å². The molecule has 1 atom stereocenters. The summed E-state index contributed by atoms with van der Waals surface area (Å²) in [7, 11) is 1.28. The van der Waals surface area contributed by atoms with Gasteiger partial charge in [0.25, 0.3) is 5.91 Å². The van der Waals surface area contributed by atoms with Gasteiger partial charge in [0.1, 0.15) is 6.04 Å². The number of aryl methyl sites for hydroxylation is 1. The molecule has 5 rings (SSSR count). The highest BCUT2D eigenvalue weighted by Gasteiger charge is 2.26. The molecule has 0 bridgehead atoms.